The Balaban J connectivity index is 1.82. The molecule has 0 radical (unpaired) electrons. The fourth-order valence-electron chi connectivity index (χ4n) is 2.96. The van der Waals surface area contributed by atoms with Crippen molar-refractivity contribution in [2.24, 2.45) is 5.92 Å². The van der Waals surface area contributed by atoms with Crippen molar-refractivity contribution in [1.82, 2.24) is 25.1 Å². The molecule has 150 valence electrons. The van der Waals surface area contributed by atoms with Gasteiger partial charge in [-0.15, -0.1) is 0 Å². The maximum Gasteiger partial charge on any atom is 0.259 e. The first kappa shape index (κ1) is 20.3. The number of nitrogens with zero attached hydrogens (tertiary/aromatic N) is 5. The van der Waals surface area contributed by atoms with Gasteiger partial charge in [0.25, 0.3) is 5.91 Å². The van der Waals surface area contributed by atoms with Gasteiger partial charge in [0.15, 0.2) is 12.3 Å². The molecule has 0 fully saturated rings. The first-order chi connectivity index (χ1) is 13.7. The molecule has 0 saturated heterocycles. The van der Waals surface area contributed by atoms with Crippen LogP contribution in [0.5, 0.6) is 5.88 Å². The van der Waals surface area contributed by atoms with E-state index in [1.807, 2.05) is 39.8 Å². The highest BCUT2D eigenvalue weighted by atomic mass is 16.5. The van der Waals surface area contributed by atoms with E-state index in [4.69, 9.17) is 4.74 Å². The van der Waals surface area contributed by atoms with Crippen LogP contribution in [0.1, 0.15) is 31.9 Å². The van der Waals surface area contributed by atoms with E-state index in [0.29, 0.717) is 11.0 Å². The number of aromatic nitrogens is 4. The highest BCUT2D eigenvalue weighted by Crippen LogP contribution is 2.24. The summed E-state index contributed by atoms with van der Waals surface area (Å²) in [7, 11) is 0. The van der Waals surface area contributed by atoms with E-state index in [-0.39, 0.29) is 18.4 Å². The maximum absolute atomic E-state index is 12.3. The largest absolute Gasteiger partial charge is 0.467 e. The molecule has 2 aromatic heterocycles. The van der Waals surface area contributed by atoms with E-state index in [9.17, 15) is 10.1 Å². The molecule has 8 heteroatoms. The van der Waals surface area contributed by atoms with Gasteiger partial charge in [0, 0.05) is 0 Å². The topological polar surface area (TPSA) is 106 Å². The SMILES string of the molecule is Cc1cc(C)cc(-n2ncc3c(OCC(=O)NC(C)(C#N)C(C)C)ncnc32)c1. The van der Waals surface area contributed by atoms with Crippen molar-refractivity contribution in [1.29, 1.82) is 5.26 Å². The summed E-state index contributed by atoms with van der Waals surface area (Å²) in [5.41, 5.74) is 2.76. The molecule has 1 unspecified atom stereocenters. The number of nitrogens with one attached hydrogen (secondary N) is 1. The number of carbonyl (C=O) groups is 1. The Hall–Kier alpha value is -3.47. The summed E-state index contributed by atoms with van der Waals surface area (Å²) < 4.78 is 7.34. The van der Waals surface area contributed by atoms with Crippen molar-refractivity contribution >= 4 is 16.9 Å². The van der Waals surface area contributed by atoms with Gasteiger partial charge in [-0.05, 0) is 49.9 Å². The number of rotatable bonds is 6. The van der Waals surface area contributed by atoms with E-state index < -0.39 is 11.4 Å². The van der Waals surface area contributed by atoms with Crippen LogP contribution in [0.3, 0.4) is 0 Å². The Labute approximate surface area is 169 Å². The number of fused-ring (bicyclic) bond motifs is 1. The highest BCUT2D eigenvalue weighted by molar-refractivity contribution is 5.83. The van der Waals surface area contributed by atoms with Crippen LogP contribution in [0.2, 0.25) is 0 Å². The third kappa shape index (κ3) is 4.19. The summed E-state index contributed by atoms with van der Waals surface area (Å²) in [6.45, 7) is 9.23. The number of amides is 1. The summed E-state index contributed by atoms with van der Waals surface area (Å²) in [4.78, 5) is 20.7. The Morgan fingerprint density at radius 1 is 1.28 bits per heavy atom. The maximum atomic E-state index is 12.3. The zero-order chi connectivity index (χ0) is 21.2. The quantitative estimate of drug-likeness (QED) is 0.691. The van der Waals surface area contributed by atoms with Crippen LogP contribution < -0.4 is 10.1 Å². The highest BCUT2D eigenvalue weighted by Gasteiger charge is 2.30. The van der Waals surface area contributed by atoms with Crippen LogP contribution in [-0.4, -0.2) is 37.8 Å². The smallest absolute Gasteiger partial charge is 0.259 e. The minimum Gasteiger partial charge on any atom is -0.467 e. The number of nitriles is 1. The summed E-state index contributed by atoms with van der Waals surface area (Å²) in [5.74, 6) is -0.168. The van der Waals surface area contributed by atoms with Crippen molar-refractivity contribution in [2.75, 3.05) is 6.61 Å². The minimum absolute atomic E-state index is 0.0433. The standard InChI is InChI=1S/C21H24N6O2/c1-13(2)21(5,11-22)26-18(28)10-29-20-17-9-25-27(19(17)23-12-24-20)16-7-14(3)6-15(4)8-16/h6-9,12-13H,10H2,1-5H3,(H,26,28). The molecule has 1 N–H and O–H groups in total. The average molecular weight is 392 g/mol. The van der Waals surface area contributed by atoms with Crippen molar-refractivity contribution in [3.8, 4) is 17.6 Å². The van der Waals surface area contributed by atoms with Crippen molar-refractivity contribution in [3.63, 3.8) is 0 Å². The van der Waals surface area contributed by atoms with Gasteiger partial charge in [-0.2, -0.15) is 10.4 Å². The Morgan fingerprint density at radius 2 is 1.97 bits per heavy atom. The van der Waals surface area contributed by atoms with Crippen LogP contribution in [0.15, 0.2) is 30.7 Å². The van der Waals surface area contributed by atoms with Gasteiger partial charge in [-0.25, -0.2) is 14.6 Å². The number of benzene rings is 1. The normalized spacial score (nSPS) is 13.1. The van der Waals surface area contributed by atoms with Gasteiger partial charge < -0.3 is 10.1 Å². The summed E-state index contributed by atoms with van der Waals surface area (Å²) in [6.07, 6.45) is 3.00. The lowest BCUT2D eigenvalue weighted by atomic mass is 9.90. The van der Waals surface area contributed by atoms with Crippen LogP contribution >= 0.6 is 0 Å². The van der Waals surface area contributed by atoms with E-state index in [2.05, 4.69) is 32.5 Å². The summed E-state index contributed by atoms with van der Waals surface area (Å²) in [5, 5.41) is 17.1. The summed E-state index contributed by atoms with van der Waals surface area (Å²) >= 11 is 0. The lowest BCUT2D eigenvalue weighted by molar-refractivity contribution is -0.124. The van der Waals surface area contributed by atoms with Crippen LogP contribution in [0, 0.1) is 31.1 Å². The Kier molecular flexibility index (Phi) is 5.50. The molecule has 1 atom stereocenters. The molecule has 0 aliphatic carbocycles. The number of ether oxygens (including phenoxy) is 1. The summed E-state index contributed by atoms with van der Waals surface area (Å²) in [6, 6.07) is 8.26. The average Bonchev–Trinajstić information content (AvgIpc) is 3.10. The molecule has 0 saturated carbocycles. The molecule has 29 heavy (non-hydrogen) atoms. The molecule has 0 bridgehead atoms. The zero-order valence-corrected chi connectivity index (χ0v) is 17.2. The molecule has 0 aliphatic heterocycles. The molecular weight excluding hydrogens is 368 g/mol. The van der Waals surface area contributed by atoms with Crippen molar-refractivity contribution in [3.05, 3.63) is 41.9 Å². The first-order valence-electron chi connectivity index (χ1n) is 9.36. The Bertz CT molecular complexity index is 1080. The van der Waals surface area contributed by atoms with E-state index in [1.54, 1.807) is 17.8 Å². The first-order valence-corrected chi connectivity index (χ1v) is 9.36. The Morgan fingerprint density at radius 3 is 2.59 bits per heavy atom. The van der Waals surface area contributed by atoms with Gasteiger partial charge in [0.2, 0.25) is 5.88 Å². The molecule has 3 rings (SSSR count). The molecule has 1 amide bonds. The zero-order valence-electron chi connectivity index (χ0n) is 17.2. The molecular formula is C21H24N6O2. The van der Waals surface area contributed by atoms with Crippen LogP contribution in [0.4, 0.5) is 0 Å². The molecule has 0 aliphatic rings. The second kappa shape index (κ2) is 7.87. The predicted octanol–water partition coefficient (Wildman–Crippen LogP) is 2.87. The van der Waals surface area contributed by atoms with Gasteiger partial charge in [-0.1, -0.05) is 19.9 Å². The van der Waals surface area contributed by atoms with Gasteiger partial charge in [-0.3, -0.25) is 4.79 Å². The molecule has 1 aromatic carbocycles. The third-order valence-corrected chi connectivity index (χ3v) is 4.91. The lowest BCUT2D eigenvalue weighted by Gasteiger charge is -2.27. The van der Waals surface area contributed by atoms with Gasteiger partial charge in [0.05, 0.1) is 18.0 Å². The molecule has 0 spiro atoms. The number of hydrogen-bond acceptors (Lipinski definition) is 6. The van der Waals surface area contributed by atoms with Gasteiger partial charge in [0.1, 0.15) is 17.3 Å². The van der Waals surface area contributed by atoms with Gasteiger partial charge >= 0.3 is 0 Å². The van der Waals surface area contributed by atoms with Crippen LogP contribution in [-0.2, 0) is 4.79 Å². The molecule has 3 aromatic rings. The molecule has 2 heterocycles. The number of carbonyl (C=O) groups excluding carboxylic acids is 1. The second-order valence-corrected chi connectivity index (χ2v) is 7.62. The fraction of sp³-hybridized carbons (Fsp3) is 0.381. The number of hydrogen-bond donors (Lipinski definition) is 1. The van der Waals surface area contributed by atoms with Crippen molar-refractivity contribution < 1.29 is 9.53 Å². The van der Waals surface area contributed by atoms with E-state index in [1.165, 1.54) is 6.33 Å². The monoisotopic (exact) mass is 392 g/mol. The van der Waals surface area contributed by atoms with E-state index >= 15 is 0 Å². The predicted molar refractivity (Wildman–Crippen MR) is 109 cm³/mol. The second-order valence-electron chi connectivity index (χ2n) is 7.62. The minimum atomic E-state index is -0.963. The van der Waals surface area contributed by atoms with Crippen molar-refractivity contribution in [2.45, 2.75) is 40.2 Å². The van der Waals surface area contributed by atoms with Crippen LogP contribution in [0.25, 0.3) is 16.7 Å². The fourth-order valence-corrected chi connectivity index (χ4v) is 2.96. The molecule has 8 nitrogen and oxygen atoms in total. The third-order valence-electron chi connectivity index (χ3n) is 4.91. The number of aryl methyl sites for hydroxylation is 2. The van der Waals surface area contributed by atoms with E-state index in [0.717, 1.165) is 16.8 Å². The lowest BCUT2D eigenvalue weighted by Crippen LogP contribution is -2.50.